The predicted molar refractivity (Wildman–Crippen MR) is 74.4 cm³/mol. The number of pyridine rings is 1. The van der Waals surface area contributed by atoms with Gasteiger partial charge in [0.1, 0.15) is 5.82 Å². The first-order chi connectivity index (χ1) is 8.04. The molecule has 1 aromatic rings. The zero-order valence-electron chi connectivity index (χ0n) is 11.7. The van der Waals surface area contributed by atoms with E-state index in [4.69, 9.17) is 0 Å². The largest absolute Gasteiger partial charge is 0.357 e. The number of hydrogen-bond acceptors (Lipinski definition) is 3. The second-order valence-corrected chi connectivity index (χ2v) is 4.93. The Morgan fingerprint density at radius 2 is 2.06 bits per heavy atom. The van der Waals surface area contributed by atoms with Gasteiger partial charge in [-0.05, 0) is 31.0 Å². The minimum atomic E-state index is 0.513. The van der Waals surface area contributed by atoms with Gasteiger partial charge in [0.2, 0.25) is 0 Å². The highest BCUT2D eigenvalue weighted by atomic mass is 15.2. The van der Waals surface area contributed by atoms with E-state index in [9.17, 15) is 0 Å². The van der Waals surface area contributed by atoms with E-state index in [0.717, 1.165) is 18.8 Å². The van der Waals surface area contributed by atoms with Crippen molar-refractivity contribution in [2.24, 2.45) is 0 Å². The first-order valence-corrected chi connectivity index (χ1v) is 6.45. The summed E-state index contributed by atoms with van der Waals surface area (Å²) in [4.78, 5) is 6.67. The van der Waals surface area contributed by atoms with Crippen molar-refractivity contribution in [3.63, 3.8) is 0 Å². The summed E-state index contributed by atoms with van der Waals surface area (Å²) in [5.74, 6) is 1.06. The lowest BCUT2D eigenvalue weighted by molar-refractivity contribution is 0.588. The Morgan fingerprint density at radius 3 is 2.65 bits per heavy atom. The van der Waals surface area contributed by atoms with Crippen molar-refractivity contribution in [1.82, 2.24) is 10.3 Å². The molecule has 3 heteroatoms. The maximum Gasteiger partial charge on any atom is 0.128 e. The van der Waals surface area contributed by atoms with E-state index in [2.05, 4.69) is 62.1 Å². The van der Waals surface area contributed by atoms with Crippen LogP contribution in [-0.4, -0.2) is 24.1 Å². The number of hydrogen-bond donors (Lipinski definition) is 1. The molecule has 3 nitrogen and oxygen atoms in total. The molecule has 0 amide bonds. The van der Waals surface area contributed by atoms with Crippen molar-refractivity contribution in [3.05, 3.63) is 23.9 Å². The summed E-state index contributed by atoms with van der Waals surface area (Å²) >= 11 is 0. The van der Waals surface area contributed by atoms with Gasteiger partial charge in [0.05, 0.1) is 0 Å². The Morgan fingerprint density at radius 1 is 1.35 bits per heavy atom. The van der Waals surface area contributed by atoms with E-state index in [1.54, 1.807) is 0 Å². The normalized spacial score (nSPS) is 12.8. The van der Waals surface area contributed by atoms with Crippen LogP contribution in [0.15, 0.2) is 18.3 Å². The minimum absolute atomic E-state index is 0.513. The van der Waals surface area contributed by atoms with E-state index < -0.39 is 0 Å². The molecule has 0 saturated carbocycles. The smallest absolute Gasteiger partial charge is 0.128 e. The lowest BCUT2D eigenvalue weighted by Crippen LogP contribution is -2.29. The Bertz CT molecular complexity index is 336. The molecule has 0 fully saturated rings. The van der Waals surface area contributed by atoms with Crippen LogP contribution in [0.2, 0.25) is 0 Å². The summed E-state index contributed by atoms with van der Waals surface area (Å²) in [7, 11) is 2.11. The second kappa shape index (κ2) is 6.60. The molecular weight excluding hydrogens is 210 g/mol. The highest BCUT2D eigenvalue weighted by molar-refractivity contribution is 5.41. The lowest BCUT2D eigenvalue weighted by Gasteiger charge is -2.25. The summed E-state index contributed by atoms with van der Waals surface area (Å²) in [6, 6.07) is 5.28. The third-order valence-corrected chi connectivity index (χ3v) is 3.14. The van der Waals surface area contributed by atoms with Crippen molar-refractivity contribution in [3.8, 4) is 0 Å². The molecule has 17 heavy (non-hydrogen) atoms. The number of nitrogens with zero attached hydrogens (tertiary/aromatic N) is 2. The van der Waals surface area contributed by atoms with Gasteiger partial charge in [-0.25, -0.2) is 4.98 Å². The summed E-state index contributed by atoms with van der Waals surface area (Å²) in [6.45, 7) is 9.65. The van der Waals surface area contributed by atoms with Crippen LogP contribution in [-0.2, 0) is 6.54 Å². The van der Waals surface area contributed by atoms with Gasteiger partial charge in [0, 0.05) is 31.9 Å². The molecule has 1 N–H and O–H groups in total. The summed E-state index contributed by atoms with van der Waals surface area (Å²) in [5, 5.41) is 3.42. The first kappa shape index (κ1) is 14.0. The van der Waals surface area contributed by atoms with Crippen LogP contribution < -0.4 is 10.2 Å². The number of aromatic nitrogens is 1. The van der Waals surface area contributed by atoms with Crippen molar-refractivity contribution in [2.45, 2.75) is 52.7 Å². The molecule has 96 valence electrons. The van der Waals surface area contributed by atoms with Crippen molar-refractivity contribution >= 4 is 5.82 Å². The van der Waals surface area contributed by atoms with Gasteiger partial charge in [-0.15, -0.1) is 0 Å². The second-order valence-electron chi connectivity index (χ2n) is 4.93. The summed E-state index contributed by atoms with van der Waals surface area (Å²) in [5.41, 5.74) is 1.29. The van der Waals surface area contributed by atoms with Gasteiger partial charge in [-0.2, -0.15) is 0 Å². The highest BCUT2D eigenvalue weighted by Crippen LogP contribution is 2.15. The SMILES string of the molecule is CCC(C)N(C)c1cc(CNC(C)C)ccn1. The third-order valence-electron chi connectivity index (χ3n) is 3.14. The summed E-state index contributed by atoms with van der Waals surface area (Å²) < 4.78 is 0. The fraction of sp³-hybridized carbons (Fsp3) is 0.643. The van der Waals surface area contributed by atoms with E-state index in [1.807, 2.05) is 6.20 Å². The molecule has 1 unspecified atom stereocenters. The van der Waals surface area contributed by atoms with Gasteiger partial charge in [-0.1, -0.05) is 20.8 Å². The average molecular weight is 235 g/mol. The van der Waals surface area contributed by atoms with Crippen molar-refractivity contribution in [1.29, 1.82) is 0 Å². The number of nitrogens with one attached hydrogen (secondary N) is 1. The zero-order chi connectivity index (χ0) is 12.8. The first-order valence-electron chi connectivity index (χ1n) is 6.45. The topological polar surface area (TPSA) is 28.2 Å². The van der Waals surface area contributed by atoms with Crippen LogP contribution >= 0.6 is 0 Å². The van der Waals surface area contributed by atoms with Gasteiger partial charge in [0.25, 0.3) is 0 Å². The fourth-order valence-electron chi connectivity index (χ4n) is 1.59. The molecule has 1 aromatic heterocycles. The Labute approximate surface area is 105 Å². The Kier molecular flexibility index (Phi) is 5.42. The van der Waals surface area contributed by atoms with E-state index >= 15 is 0 Å². The lowest BCUT2D eigenvalue weighted by atomic mass is 10.2. The van der Waals surface area contributed by atoms with Crippen LogP contribution in [0.25, 0.3) is 0 Å². The van der Waals surface area contributed by atoms with Crippen LogP contribution in [0.4, 0.5) is 5.82 Å². The van der Waals surface area contributed by atoms with Crippen LogP contribution in [0.5, 0.6) is 0 Å². The highest BCUT2D eigenvalue weighted by Gasteiger charge is 2.09. The molecule has 0 aliphatic heterocycles. The van der Waals surface area contributed by atoms with Crippen molar-refractivity contribution in [2.75, 3.05) is 11.9 Å². The van der Waals surface area contributed by atoms with Crippen LogP contribution in [0.1, 0.15) is 39.7 Å². The van der Waals surface area contributed by atoms with Gasteiger partial charge < -0.3 is 10.2 Å². The number of rotatable bonds is 6. The quantitative estimate of drug-likeness (QED) is 0.822. The monoisotopic (exact) mass is 235 g/mol. The predicted octanol–water partition coefficient (Wildman–Crippen LogP) is 2.81. The molecule has 0 aromatic carbocycles. The van der Waals surface area contributed by atoms with Gasteiger partial charge >= 0.3 is 0 Å². The molecule has 1 heterocycles. The van der Waals surface area contributed by atoms with Gasteiger partial charge in [0.15, 0.2) is 0 Å². The average Bonchev–Trinajstić information content (AvgIpc) is 2.34. The van der Waals surface area contributed by atoms with Crippen LogP contribution in [0, 0.1) is 0 Å². The fourth-order valence-corrected chi connectivity index (χ4v) is 1.59. The zero-order valence-corrected chi connectivity index (χ0v) is 11.7. The van der Waals surface area contributed by atoms with Gasteiger partial charge in [-0.3, -0.25) is 0 Å². The molecule has 1 atom stereocenters. The molecule has 0 radical (unpaired) electrons. The summed E-state index contributed by atoms with van der Waals surface area (Å²) in [6.07, 6.45) is 3.03. The molecule has 0 spiro atoms. The Balaban J connectivity index is 2.71. The maximum absolute atomic E-state index is 4.43. The Hall–Kier alpha value is -1.09. The molecule has 1 rings (SSSR count). The molecule has 0 aliphatic carbocycles. The molecule has 0 bridgehead atoms. The van der Waals surface area contributed by atoms with Crippen LogP contribution in [0.3, 0.4) is 0 Å². The maximum atomic E-state index is 4.43. The molecular formula is C14H25N3. The molecule has 0 saturated heterocycles. The molecule has 0 aliphatic rings. The number of anilines is 1. The van der Waals surface area contributed by atoms with E-state index in [-0.39, 0.29) is 0 Å². The third kappa shape index (κ3) is 4.35. The minimum Gasteiger partial charge on any atom is -0.357 e. The standard InChI is InChI=1S/C14H25N3/c1-6-12(4)17(5)14-9-13(7-8-15-14)10-16-11(2)3/h7-9,11-12,16H,6,10H2,1-5H3. The van der Waals surface area contributed by atoms with Crippen molar-refractivity contribution < 1.29 is 0 Å². The van der Waals surface area contributed by atoms with E-state index in [0.29, 0.717) is 12.1 Å². The van der Waals surface area contributed by atoms with E-state index in [1.165, 1.54) is 5.56 Å².